The van der Waals surface area contributed by atoms with E-state index >= 15 is 0 Å². The van der Waals surface area contributed by atoms with Gasteiger partial charge in [-0.25, -0.2) is 9.97 Å². The average molecular weight is 338 g/mol. The molecule has 1 aromatic carbocycles. The lowest BCUT2D eigenvalue weighted by Gasteiger charge is -2.23. The number of methoxy groups -OCH3 is 1. The normalized spacial score (nSPS) is 22.8. The summed E-state index contributed by atoms with van der Waals surface area (Å²) >= 11 is 0. The Kier molecular flexibility index (Phi) is 4.03. The molecule has 130 valence electrons. The first-order chi connectivity index (χ1) is 12.2. The molecule has 2 aliphatic rings. The van der Waals surface area contributed by atoms with Crippen LogP contribution in [0.25, 0.3) is 0 Å². The Labute approximate surface area is 147 Å². The SMILES string of the molecule is COc1cccc(CN2CC[C@]3(CCN(c4ncccn4)C3)C2=O)c1. The van der Waals surface area contributed by atoms with E-state index in [1.165, 1.54) is 0 Å². The monoisotopic (exact) mass is 338 g/mol. The topological polar surface area (TPSA) is 58.6 Å². The second-order valence-electron chi connectivity index (χ2n) is 6.83. The zero-order valence-corrected chi connectivity index (χ0v) is 14.4. The van der Waals surface area contributed by atoms with E-state index < -0.39 is 0 Å². The average Bonchev–Trinajstić information content (AvgIpc) is 3.23. The summed E-state index contributed by atoms with van der Waals surface area (Å²) in [7, 11) is 1.66. The Morgan fingerprint density at radius 3 is 2.76 bits per heavy atom. The van der Waals surface area contributed by atoms with Gasteiger partial charge in [0.05, 0.1) is 12.5 Å². The Hall–Kier alpha value is -2.63. The van der Waals surface area contributed by atoms with Gasteiger partial charge in [0.25, 0.3) is 0 Å². The number of hydrogen-bond acceptors (Lipinski definition) is 5. The lowest BCUT2D eigenvalue weighted by molar-refractivity contribution is -0.135. The largest absolute Gasteiger partial charge is 0.497 e. The molecular weight excluding hydrogens is 316 g/mol. The van der Waals surface area contributed by atoms with E-state index in [2.05, 4.69) is 14.9 Å². The Morgan fingerprint density at radius 2 is 1.96 bits per heavy atom. The van der Waals surface area contributed by atoms with Crippen LogP contribution in [0.5, 0.6) is 5.75 Å². The van der Waals surface area contributed by atoms with Crippen molar-refractivity contribution in [1.82, 2.24) is 14.9 Å². The zero-order chi connectivity index (χ0) is 17.3. The van der Waals surface area contributed by atoms with Crippen molar-refractivity contribution in [3.8, 4) is 5.75 Å². The van der Waals surface area contributed by atoms with Crippen molar-refractivity contribution >= 4 is 11.9 Å². The predicted octanol–water partition coefficient (Wildman–Crippen LogP) is 2.11. The Bertz CT molecular complexity index is 767. The van der Waals surface area contributed by atoms with Crippen LogP contribution in [0, 0.1) is 5.41 Å². The molecule has 0 saturated carbocycles. The summed E-state index contributed by atoms with van der Waals surface area (Å²) in [4.78, 5) is 25.8. The van der Waals surface area contributed by atoms with Gasteiger partial charge in [0.1, 0.15) is 5.75 Å². The summed E-state index contributed by atoms with van der Waals surface area (Å²) in [6.45, 7) is 2.99. The van der Waals surface area contributed by atoms with E-state index in [-0.39, 0.29) is 11.3 Å². The van der Waals surface area contributed by atoms with Crippen LogP contribution in [0.1, 0.15) is 18.4 Å². The molecule has 2 aliphatic heterocycles. The van der Waals surface area contributed by atoms with Crippen molar-refractivity contribution in [1.29, 1.82) is 0 Å². The van der Waals surface area contributed by atoms with Crippen LogP contribution in [0.15, 0.2) is 42.7 Å². The van der Waals surface area contributed by atoms with E-state index in [4.69, 9.17) is 4.74 Å². The van der Waals surface area contributed by atoms with Crippen molar-refractivity contribution in [2.24, 2.45) is 5.41 Å². The summed E-state index contributed by atoms with van der Waals surface area (Å²) in [6.07, 6.45) is 5.27. The Balaban J connectivity index is 1.46. The third kappa shape index (κ3) is 2.92. The molecule has 0 aliphatic carbocycles. The van der Waals surface area contributed by atoms with Gasteiger partial charge in [0.15, 0.2) is 0 Å². The lowest BCUT2D eigenvalue weighted by Crippen LogP contribution is -2.37. The number of nitrogens with zero attached hydrogens (tertiary/aromatic N) is 4. The van der Waals surface area contributed by atoms with Gasteiger partial charge in [-0.1, -0.05) is 12.1 Å². The highest BCUT2D eigenvalue weighted by atomic mass is 16.5. The van der Waals surface area contributed by atoms with Crippen LogP contribution in [-0.2, 0) is 11.3 Å². The molecule has 25 heavy (non-hydrogen) atoms. The van der Waals surface area contributed by atoms with Crippen LogP contribution in [0.4, 0.5) is 5.95 Å². The summed E-state index contributed by atoms with van der Waals surface area (Å²) in [5.74, 6) is 1.80. The minimum absolute atomic E-state index is 0.258. The minimum atomic E-state index is -0.280. The molecule has 3 heterocycles. The maximum atomic E-state index is 13.1. The molecule has 0 unspecified atom stereocenters. The van der Waals surface area contributed by atoms with Gasteiger partial charge in [-0.15, -0.1) is 0 Å². The molecule has 0 radical (unpaired) electrons. The summed E-state index contributed by atoms with van der Waals surface area (Å²) < 4.78 is 5.28. The molecular formula is C19H22N4O2. The van der Waals surface area contributed by atoms with Crippen molar-refractivity contribution in [3.63, 3.8) is 0 Å². The molecule has 4 rings (SSSR count). The summed E-state index contributed by atoms with van der Waals surface area (Å²) in [5, 5.41) is 0. The highest BCUT2D eigenvalue weighted by Gasteiger charge is 2.51. The maximum absolute atomic E-state index is 13.1. The fourth-order valence-corrected chi connectivity index (χ4v) is 3.91. The summed E-state index contributed by atoms with van der Waals surface area (Å²) in [6, 6.07) is 9.74. The van der Waals surface area contributed by atoms with Gasteiger partial charge >= 0.3 is 0 Å². The third-order valence-electron chi connectivity index (χ3n) is 5.30. The molecule has 2 aromatic rings. The van der Waals surface area contributed by atoms with Gasteiger partial charge in [0.2, 0.25) is 11.9 Å². The molecule has 2 fully saturated rings. The van der Waals surface area contributed by atoms with Gasteiger partial charge in [-0.2, -0.15) is 0 Å². The lowest BCUT2D eigenvalue weighted by atomic mass is 9.85. The molecule has 1 aromatic heterocycles. The van der Waals surface area contributed by atoms with E-state index in [9.17, 15) is 4.79 Å². The number of carbonyl (C=O) groups excluding carboxylic acids is 1. The van der Waals surface area contributed by atoms with Crippen LogP contribution >= 0.6 is 0 Å². The van der Waals surface area contributed by atoms with E-state index in [1.807, 2.05) is 35.2 Å². The first-order valence-corrected chi connectivity index (χ1v) is 8.64. The fourth-order valence-electron chi connectivity index (χ4n) is 3.91. The smallest absolute Gasteiger partial charge is 0.231 e. The number of aromatic nitrogens is 2. The van der Waals surface area contributed by atoms with Gasteiger partial charge in [0, 0.05) is 38.6 Å². The van der Waals surface area contributed by atoms with E-state index in [0.717, 1.165) is 43.2 Å². The summed E-state index contributed by atoms with van der Waals surface area (Å²) in [5.41, 5.74) is 0.823. The van der Waals surface area contributed by atoms with Gasteiger partial charge < -0.3 is 14.5 Å². The fraction of sp³-hybridized carbons (Fsp3) is 0.421. The van der Waals surface area contributed by atoms with Gasteiger partial charge in [-0.05, 0) is 36.6 Å². The van der Waals surface area contributed by atoms with Crippen LogP contribution in [-0.4, -0.2) is 47.5 Å². The molecule has 6 heteroatoms. The van der Waals surface area contributed by atoms with Crippen molar-refractivity contribution in [2.75, 3.05) is 31.6 Å². The molecule has 0 bridgehead atoms. The molecule has 1 amide bonds. The number of hydrogen-bond donors (Lipinski definition) is 0. The molecule has 1 atom stereocenters. The first kappa shape index (κ1) is 15.9. The predicted molar refractivity (Wildman–Crippen MR) is 94.3 cm³/mol. The number of likely N-dealkylation sites (tertiary alicyclic amines) is 1. The number of benzene rings is 1. The minimum Gasteiger partial charge on any atom is -0.497 e. The first-order valence-electron chi connectivity index (χ1n) is 8.64. The number of amides is 1. The second kappa shape index (κ2) is 6.35. The van der Waals surface area contributed by atoms with E-state index in [0.29, 0.717) is 13.1 Å². The molecule has 6 nitrogen and oxygen atoms in total. The molecule has 0 N–H and O–H groups in total. The third-order valence-corrected chi connectivity index (χ3v) is 5.30. The van der Waals surface area contributed by atoms with Crippen molar-refractivity contribution < 1.29 is 9.53 Å². The Morgan fingerprint density at radius 1 is 1.16 bits per heavy atom. The quantitative estimate of drug-likeness (QED) is 0.855. The number of ether oxygens (including phenoxy) is 1. The second-order valence-corrected chi connectivity index (χ2v) is 6.83. The number of anilines is 1. The highest BCUT2D eigenvalue weighted by molar-refractivity contribution is 5.86. The number of rotatable bonds is 4. The van der Waals surface area contributed by atoms with Crippen LogP contribution < -0.4 is 9.64 Å². The van der Waals surface area contributed by atoms with Crippen molar-refractivity contribution in [2.45, 2.75) is 19.4 Å². The molecule has 2 saturated heterocycles. The van der Waals surface area contributed by atoms with Gasteiger partial charge in [-0.3, -0.25) is 4.79 Å². The molecule has 1 spiro atoms. The standard InChI is InChI=1S/C19H22N4O2/c1-25-16-5-2-4-15(12-16)13-22-10-6-19(17(22)24)7-11-23(14-19)18-20-8-3-9-21-18/h2-5,8-9,12H,6-7,10-11,13-14H2,1H3/t19-/m1/s1. The van der Waals surface area contributed by atoms with Crippen molar-refractivity contribution in [3.05, 3.63) is 48.3 Å². The highest BCUT2D eigenvalue weighted by Crippen LogP contribution is 2.42. The number of carbonyl (C=O) groups is 1. The van der Waals surface area contributed by atoms with Crippen LogP contribution in [0.2, 0.25) is 0 Å². The maximum Gasteiger partial charge on any atom is 0.231 e. The van der Waals surface area contributed by atoms with E-state index in [1.54, 1.807) is 19.5 Å². The zero-order valence-electron chi connectivity index (χ0n) is 14.4. The van der Waals surface area contributed by atoms with Crippen LogP contribution in [0.3, 0.4) is 0 Å².